The molecule has 0 spiro atoms. The fraction of sp³-hybridized carbons (Fsp3) is 0.250. The number of rotatable bonds is 6. The van der Waals surface area contributed by atoms with Gasteiger partial charge in [0.05, 0.1) is 13.2 Å². The largest absolute Gasteiger partial charge is 0.493 e. The summed E-state index contributed by atoms with van der Waals surface area (Å²) in [4.78, 5) is 0. The Balaban J connectivity index is 2.19. The summed E-state index contributed by atoms with van der Waals surface area (Å²) in [5.74, 6) is 0.114. The smallest absolute Gasteiger partial charge is 0.387 e. The zero-order valence-corrected chi connectivity index (χ0v) is 11.5. The lowest BCUT2D eigenvalue weighted by Gasteiger charge is -2.15. The Morgan fingerprint density at radius 3 is 2.38 bits per heavy atom. The summed E-state index contributed by atoms with van der Waals surface area (Å²) in [7, 11) is 1.37. The maximum atomic E-state index is 12.4. The molecule has 1 atom stereocenters. The van der Waals surface area contributed by atoms with Crippen molar-refractivity contribution in [1.82, 2.24) is 0 Å². The van der Waals surface area contributed by atoms with Gasteiger partial charge in [0, 0.05) is 6.42 Å². The van der Waals surface area contributed by atoms with Crippen LogP contribution in [0, 0.1) is 0 Å². The van der Waals surface area contributed by atoms with Crippen molar-refractivity contribution in [1.29, 1.82) is 0 Å². The van der Waals surface area contributed by atoms with Gasteiger partial charge in [0.2, 0.25) is 0 Å². The summed E-state index contributed by atoms with van der Waals surface area (Å²) in [6.45, 7) is -2.94. The maximum Gasteiger partial charge on any atom is 0.387 e. The van der Waals surface area contributed by atoms with Crippen LogP contribution < -0.4 is 9.47 Å². The number of aliphatic hydroxyl groups excluding tert-OH is 1. The number of alkyl halides is 2. The summed E-state index contributed by atoms with van der Waals surface area (Å²) in [5.41, 5.74) is 1.45. The van der Waals surface area contributed by atoms with Gasteiger partial charge in [-0.05, 0) is 23.3 Å². The minimum absolute atomic E-state index is 0.0860. The normalized spacial score (nSPS) is 12.2. The third-order valence-electron chi connectivity index (χ3n) is 3.06. The molecular formula is C16H16F2O3. The molecular weight excluding hydrogens is 278 g/mol. The highest BCUT2D eigenvalue weighted by Crippen LogP contribution is 2.32. The standard InChI is InChI=1S/C16H16F2O3/c1-20-14-8-7-12(10-15(14)21-16(17)18)13(19)9-11-5-3-2-4-6-11/h2-8,10,13,16,19H,9H2,1H3. The average Bonchev–Trinajstić information content (AvgIpc) is 2.47. The van der Waals surface area contributed by atoms with Crippen molar-refractivity contribution >= 4 is 0 Å². The van der Waals surface area contributed by atoms with E-state index in [0.717, 1.165) is 5.56 Å². The van der Waals surface area contributed by atoms with Crippen molar-refractivity contribution in [2.75, 3.05) is 7.11 Å². The fourth-order valence-corrected chi connectivity index (χ4v) is 2.04. The van der Waals surface area contributed by atoms with Gasteiger partial charge in [0.25, 0.3) is 0 Å². The first kappa shape index (κ1) is 15.3. The van der Waals surface area contributed by atoms with Gasteiger partial charge in [-0.15, -0.1) is 0 Å². The van der Waals surface area contributed by atoms with Crippen LogP contribution in [0.25, 0.3) is 0 Å². The first-order chi connectivity index (χ1) is 10.1. The van der Waals surface area contributed by atoms with E-state index >= 15 is 0 Å². The molecule has 0 aromatic heterocycles. The lowest BCUT2D eigenvalue weighted by molar-refractivity contribution is -0.0513. The van der Waals surface area contributed by atoms with Crippen LogP contribution in [0.4, 0.5) is 8.78 Å². The Morgan fingerprint density at radius 2 is 1.76 bits per heavy atom. The van der Waals surface area contributed by atoms with Crippen molar-refractivity contribution in [3.63, 3.8) is 0 Å². The minimum atomic E-state index is -2.94. The summed E-state index contributed by atoms with van der Waals surface area (Å²) in [5, 5.41) is 10.2. The molecule has 0 heterocycles. The monoisotopic (exact) mass is 294 g/mol. The van der Waals surface area contributed by atoms with Gasteiger partial charge in [0.1, 0.15) is 0 Å². The Kier molecular flexibility index (Phi) is 5.11. The Labute approximate surface area is 121 Å². The van der Waals surface area contributed by atoms with E-state index in [4.69, 9.17) is 4.74 Å². The summed E-state index contributed by atoms with van der Waals surface area (Å²) >= 11 is 0. The van der Waals surface area contributed by atoms with Crippen LogP contribution in [0.3, 0.4) is 0 Å². The van der Waals surface area contributed by atoms with Crippen molar-refractivity contribution in [3.8, 4) is 11.5 Å². The summed E-state index contributed by atoms with van der Waals surface area (Å²) in [6.07, 6.45) is -0.417. The summed E-state index contributed by atoms with van der Waals surface area (Å²) in [6, 6.07) is 13.9. The van der Waals surface area contributed by atoms with E-state index < -0.39 is 12.7 Å². The van der Waals surface area contributed by atoms with E-state index in [1.54, 1.807) is 6.07 Å². The highest BCUT2D eigenvalue weighted by Gasteiger charge is 2.15. The van der Waals surface area contributed by atoms with Crippen molar-refractivity contribution in [2.24, 2.45) is 0 Å². The van der Waals surface area contributed by atoms with E-state index in [9.17, 15) is 13.9 Å². The van der Waals surface area contributed by atoms with E-state index in [1.165, 1.54) is 19.2 Å². The SMILES string of the molecule is COc1ccc(C(O)Cc2ccccc2)cc1OC(F)F. The predicted octanol–water partition coefficient (Wildman–Crippen LogP) is 3.57. The Morgan fingerprint density at radius 1 is 1.05 bits per heavy atom. The molecule has 21 heavy (non-hydrogen) atoms. The zero-order chi connectivity index (χ0) is 15.2. The van der Waals surface area contributed by atoms with Crippen molar-refractivity contribution in [2.45, 2.75) is 19.1 Å². The number of hydrogen-bond donors (Lipinski definition) is 1. The molecule has 0 saturated carbocycles. The Bertz CT molecular complexity index is 573. The first-order valence-electron chi connectivity index (χ1n) is 6.45. The first-order valence-corrected chi connectivity index (χ1v) is 6.45. The van der Waals surface area contributed by atoms with Crippen molar-refractivity contribution < 1.29 is 23.4 Å². The molecule has 3 nitrogen and oxygen atoms in total. The molecule has 1 unspecified atom stereocenters. The molecule has 0 bridgehead atoms. The van der Waals surface area contributed by atoms with Gasteiger partial charge < -0.3 is 14.6 Å². The van der Waals surface area contributed by atoms with Gasteiger partial charge in [-0.1, -0.05) is 36.4 Å². The molecule has 112 valence electrons. The van der Waals surface area contributed by atoms with Crippen LogP contribution in [-0.4, -0.2) is 18.8 Å². The molecule has 0 radical (unpaired) electrons. The van der Waals surface area contributed by atoms with E-state index in [-0.39, 0.29) is 11.5 Å². The second-order valence-electron chi connectivity index (χ2n) is 4.49. The summed E-state index contributed by atoms with van der Waals surface area (Å²) < 4.78 is 34.1. The number of aliphatic hydroxyl groups is 1. The molecule has 0 amide bonds. The molecule has 0 aliphatic rings. The third kappa shape index (κ3) is 4.16. The number of methoxy groups -OCH3 is 1. The van der Waals surface area contributed by atoms with Crippen LogP contribution in [0.2, 0.25) is 0 Å². The Hall–Kier alpha value is -2.14. The van der Waals surface area contributed by atoms with E-state index in [0.29, 0.717) is 12.0 Å². The number of hydrogen-bond acceptors (Lipinski definition) is 3. The highest BCUT2D eigenvalue weighted by molar-refractivity contribution is 5.43. The van der Waals surface area contributed by atoms with E-state index in [2.05, 4.69) is 4.74 Å². The fourth-order valence-electron chi connectivity index (χ4n) is 2.04. The molecule has 0 aliphatic heterocycles. The van der Waals surface area contributed by atoms with Gasteiger partial charge >= 0.3 is 6.61 Å². The van der Waals surface area contributed by atoms with E-state index in [1.807, 2.05) is 30.3 Å². The topological polar surface area (TPSA) is 38.7 Å². The van der Waals surface area contributed by atoms with Gasteiger partial charge in [-0.3, -0.25) is 0 Å². The molecule has 1 N–H and O–H groups in total. The van der Waals surface area contributed by atoms with Crippen LogP contribution in [-0.2, 0) is 6.42 Å². The van der Waals surface area contributed by atoms with Crippen LogP contribution in [0.1, 0.15) is 17.2 Å². The van der Waals surface area contributed by atoms with Crippen molar-refractivity contribution in [3.05, 3.63) is 59.7 Å². The zero-order valence-electron chi connectivity index (χ0n) is 11.5. The van der Waals surface area contributed by atoms with Gasteiger partial charge in [-0.25, -0.2) is 0 Å². The minimum Gasteiger partial charge on any atom is -0.493 e. The number of ether oxygens (including phenoxy) is 2. The number of benzene rings is 2. The predicted molar refractivity (Wildman–Crippen MR) is 74.7 cm³/mol. The lowest BCUT2D eigenvalue weighted by Crippen LogP contribution is -2.06. The van der Waals surface area contributed by atoms with Gasteiger partial charge in [-0.2, -0.15) is 8.78 Å². The third-order valence-corrected chi connectivity index (χ3v) is 3.06. The molecule has 0 fully saturated rings. The second kappa shape index (κ2) is 7.04. The van der Waals surface area contributed by atoms with Gasteiger partial charge in [0.15, 0.2) is 11.5 Å². The number of halogens is 2. The maximum absolute atomic E-state index is 12.4. The molecule has 0 aliphatic carbocycles. The molecule has 2 aromatic carbocycles. The molecule has 2 aromatic rings. The van der Waals surface area contributed by atoms with Crippen LogP contribution >= 0.6 is 0 Å². The highest BCUT2D eigenvalue weighted by atomic mass is 19.3. The lowest BCUT2D eigenvalue weighted by atomic mass is 10.0. The second-order valence-corrected chi connectivity index (χ2v) is 4.49. The molecule has 0 saturated heterocycles. The van der Waals surface area contributed by atoms with Crippen LogP contribution in [0.15, 0.2) is 48.5 Å². The quantitative estimate of drug-likeness (QED) is 0.885. The molecule has 2 rings (SSSR count). The molecule has 5 heteroatoms. The van der Waals surface area contributed by atoms with Crippen LogP contribution in [0.5, 0.6) is 11.5 Å². The average molecular weight is 294 g/mol.